The van der Waals surface area contributed by atoms with E-state index in [2.05, 4.69) is 24.1 Å². The lowest BCUT2D eigenvalue weighted by molar-refractivity contribution is 0.177. The van der Waals surface area contributed by atoms with Crippen LogP contribution in [0, 0.1) is 0 Å². The number of anilines is 1. The molecule has 4 rings (SSSR count). The highest BCUT2D eigenvalue weighted by Crippen LogP contribution is 2.25. The van der Waals surface area contributed by atoms with Gasteiger partial charge in [0.25, 0.3) is 0 Å². The first-order valence-electron chi connectivity index (χ1n) is 9.42. The lowest BCUT2D eigenvalue weighted by Crippen LogP contribution is -2.48. The Morgan fingerprint density at radius 2 is 1.65 bits per heavy atom. The molecular weight excluding hydrogens is 368 g/mol. The van der Waals surface area contributed by atoms with E-state index in [1.165, 1.54) is 57.0 Å². The summed E-state index contributed by atoms with van der Waals surface area (Å²) in [6.07, 6.45) is 7.53. The predicted octanol–water partition coefficient (Wildman–Crippen LogP) is 2.86. The standard InChI is InChI=1S/C18H25ClN6S/c19-16-12-15(13-20-14-16)17-21-18(26-22-17)25-10-8-24(9-11-25)7-6-23-4-2-1-3-5-23/h12-14H,1-11H2. The number of pyridine rings is 1. The number of halogens is 1. The van der Waals surface area contributed by atoms with E-state index in [1.54, 1.807) is 12.4 Å². The quantitative estimate of drug-likeness (QED) is 0.779. The van der Waals surface area contributed by atoms with Crippen LogP contribution < -0.4 is 4.90 Å². The summed E-state index contributed by atoms with van der Waals surface area (Å²) in [6.45, 7) is 9.19. The zero-order chi connectivity index (χ0) is 17.8. The topological polar surface area (TPSA) is 48.4 Å². The third-order valence-corrected chi connectivity index (χ3v) is 6.19. The Labute approximate surface area is 164 Å². The maximum Gasteiger partial charge on any atom is 0.205 e. The molecule has 0 aromatic carbocycles. The van der Waals surface area contributed by atoms with Crippen molar-refractivity contribution in [2.45, 2.75) is 19.3 Å². The van der Waals surface area contributed by atoms with Gasteiger partial charge in [0, 0.05) is 68.8 Å². The van der Waals surface area contributed by atoms with Crippen molar-refractivity contribution < 1.29 is 0 Å². The summed E-state index contributed by atoms with van der Waals surface area (Å²) in [5, 5.41) is 1.61. The van der Waals surface area contributed by atoms with Crippen molar-refractivity contribution in [3.05, 3.63) is 23.5 Å². The van der Waals surface area contributed by atoms with E-state index in [1.807, 2.05) is 6.07 Å². The molecule has 0 radical (unpaired) electrons. The number of piperazine rings is 1. The van der Waals surface area contributed by atoms with Gasteiger partial charge in [0.1, 0.15) is 0 Å². The summed E-state index contributed by atoms with van der Waals surface area (Å²) in [7, 11) is 0. The number of rotatable bonds is 5. The first-order valence-corrected chi connectivity index (χ1v) is 10.6. The Bertz CT molecular complexity index is 709. The molecule has 2 fully saturated rings. The lowest BCUT2D eigenvalue weighted by atomic mass is 10.1. The van der Waals surface area contributed by atoms with Gasteiger partial charge in [0.15, 0.2) is 5.82 Å². The summed E-state index contributed by atoms with van der Waals surface area (Å²) in [6, 6.07) is 1.86. The highest BCUT2D eigenvalue weighted by molar-refractivity contribution is 7.09. The average Bonchev–Trinajstić information content (AvgIpc) is 3.18. The molecule has 2 aromatic heterocycles. The normalized spacial score (nSPS) is 19.8. The van der Waals surface area contributed by atoms with Crippen LogP contribution in [0.4, 0.5) is 5.13 Å². The molecule has 2 saturated heterocycles. The van der Waals surface area contributed by atoms with E-state index in [0.717, 1.165) is 36.9 Å². The van der Waals surface area contributed by atoms with E-state index >= 15 is 0 Å². The molecule has 0 saturated carbocycles. The second-order valence-corrected chi connectivity index (χ2v) is 8.19. The molecule has 6 nitrogen and oxygen atoms in total. The molecular formula is C18H25ClN6S. The van der Waals surface area contributed by atoms with Gasteiger partial charge >= 0.3 is 0 Å². The Kier molecular flexibility index (Phi) is 5.99. The fourth-order valence-corrected chi connectivity index (χ4v) is 4.54. The molecule has 0 amide bonds. The lowest BCUT2D eigenvalue weighted by Gasteiger charge is -2.36. The molecule has 0 aliphatic carbocycles. The summed E-state index contributed by atoms with van der Waals surface area (Å²) in [5.41, 5.74) is 0.875. The van der Waals surface area contributed by atoms with E-state index in [4.69, 9.17) is 16.6 Å². The maximum absolute atomic E-state index is 6.02. The van der Waals surface area contributed by atoms with Crippen molar-refractivity contribution in [2.75, 3.05) is 57.3 Å². The van der Waals surface area contributed by atoms with E-state index in [-0.39, 0.29) is 0 Å². The Balaban J connectivity index is 1.28. The van der Waals surface area contributed by atoms with Crippen molar-refractivity contribution in [1.29, 1.82) is 0 Å². The van der Waals surface area contributed by atoms with Gasteiger partial charge in [0.05, 0.1) is 5.02 Å². The highest BCUT2D eigenvalue weighted by atomic mass is 35.5. The Morgan fingerprint density at radius 3 is 2.38 bits per heavy atom. The van der Waals surface area contributed by atoms with Crippen LogP contribution in [0.2, 0.25) is 5.02 Å². The minimum Gasteiger partial charge on any atom is -0.344 e. The van der Waals surface area contributed by atoms with Crippen molar-refractivity contribution in [3.63, 3.8) is 0 Å². The first kappa shape index (κ1) is 18.1. The van der Waals surface area contributed by atoms with Crippen molar-refractivity contribution in [2.24, 2.45) is 0 Å². The fourth-order valence-electron chi connectivity index (χ4n) is 3.62. The van der Waals surface area contributed by atoms with Crippen LogP contribution in [0.15, 0.2) is 18.5 Å². The third-order valence-electron chi connectivity index (χ3n) is 5.20. The molecule has 2 aliphatic heterocycles. The number of hydrogen-bond donors (Lipinski definition) is 0. The second-order valence-electron chi connectivity index (χ2n) is 7.02. The molecule has 0 unspecified atom stereocenters. The molecule has 2 aliphatic rings. The largest absolute Gasteiger partial charge is 0.344 e. The van der Waals surface area contributed by atoms with Crippen LogP contribution in [-0.2, 0) is 0 Å². The second kappa shape index (κ2) is 8.61. The predicted molar refractivity (Wildman–Crippen MR) is 107 cm³/mol. The zero-order valence-corrected chi connectivity index (χ0v) is 16.6. The SMILES string of the molecule is Clc1cncc(-c2nsc(N3CCN(CCN4CCCCC4)CC3)n2)c1. The summed E-state index contributed by atoms with van der Waals surface area (Å²) in [4.78, 5) is 16.4. The minimum absolute atomic E-state index is 0.612. The number of aromatic nitrogens is 3. The number of hydrogen-bond acceptors (Lipinski definition) is 7. The van der Waals surface area contributed by atoms with Crippen LogP contribution in [0.1, 0.15) is 19.3 Å². The Hall–Kier alpha value is -1.28. The molecule has 4 heterocycles. The van der Waals surface area contributed by atoms with Crippen molar-refractivity contribution in [1.82, 2.24) is 24.1 Å². The molecule has 26 heavy (non-hydrogen) atoms. The fraction of sp³-hybridized carbons (Fsp3) is 0.611. The molecule has 0 atom stereocenters. The van der Waals surface area contributed by atoms with Gasteiger partial charge in [-0.05, 0) is 32.0 Å². The molecule has 0 spiro atoms. The van der Waals surface area contributed by atoms with Crippen LogP contribution >= 0.6 is 23.1 Å². The van der Waals surface area contributed by atoms with E-state index in [9.17, 15) is 0 Å². The van der Waals surface area contributed by atoms with E-state index in [0.29, 0.717) is 10.8 Å². The van der Waals surface area contributed by atoms with Crippen molar-refractivity contribution >= 4 is 28.3 Å². The summed E-state index contributed by atoms with van der Waals surface area (Å²) < 4.78 is 4.49. The molecule has 0 bridgehead atoms. The minimum atomic E-state index is 0.612. The molecule has 0 N–H and O–H groups in total. The number of nitrogens with zero attached hydrogens (tertiary/aromatic N) is 6. The number of likely N-dealkylation sites (tertiary alicyclic amines) is 1. The van der Waals surface area contributed by atoms with Gasteiger partial charge in [-0.15, -0.1) is 0 Å². The van der Waals surface area contributed by atoms with Crippen LogP contribution in [0.5, 0.6) is 0 Å². The first-order chi connectivity index (χ1) is 12.8. The van der Waals surface area contributed by atoms with E-state index < -0.39 is 0 Å². The third kappa shape index (κ3) is 4.52. The number of piperidine rings is 1. The van der Waals surface area contributed by atoms with Crippen LogP contribution in [0.3, 0.4) is 0 Å². The molecule has 140 valence electrons. The summed E-state index contributed by atoms with van der Waals surface area (Å²) >= 11 is 7.48. The van der Waals surface area contributed by atoms with Gasteiger partial charge in [-0.25, -0.2) is 0 Å². The van der Waals surface area contributed by atoms with Gasteiger partial charge in [-0.3, -0.25) is 9.88 Å². The smallest absolute Gasteiger partial charge is 0.205 e. The summed E-state index contributed by atoms with van der Waals surface area (Å²) in [5.74, 6) is 0.715. The van der Waals surface area contributed by atoms with Gasteiger partial charge in [0.2, 0.25) is 5.13 Å². The van der Waals surface area contributed by atoms with Crippen LogP contribution in [-0.4, -0.2) is 76.5 Å². The van der Waals surface area contributed by atoms with Gasteiger partial charge in [-0.1, -0.05) is 18.0 Å². The molecule has 2 aromatic rings. The average molecular weight is 393 g/mol. The monoisotopic (exact) mass is 392 g/mol. The van der Waals surface area contributed by atoms with Gasteiger partial charge < -0.3 is 9.80 Å². The zero-order valence-electron chi connectivity index (χ0n) is 15.0. The van der Waals surface area contributed by atoms with Crippen LogP contribution in [0.25, 0.3) is 11.4 Å². The van der Waals surface area contributed by atoms with Gasteiger partial charge in [-0.2, -0.15) is 9.36 Å². The molecule has 8 heteroatoms. The van der Waals surface area contributed by atoms with Crippen molar-refractivity contribution in [3.8, 4) is 11.4 Å². The Morgan fingerprint density at radius 1 is 0.923 bits per heavy atom. The highest BCUT2D eigenvalue weighted by Gasteiger charge is 2.21. The maximum atomic E-state index is 6.02.